The van der Waals surface area contributed by atoms with Gasteiger partial charge in [-0.15, -0.1) is 0 Å². The quantitative estimate of drug-likeness (QED) is 0.768. The lowest BCUT2D eigenvalue weighted by Gasteiger charge is -2.10. The van der Waals surface area contributed by atoms with Crippen LogP contribution in [0.2, 0.25) is 0 Å². The second-order valence-electron chi connectivity index (χ2n) is 4.18. The van der Waals surface area contributed by atoms with Gasteiger partial charge in [-0.3, -0.25) is 0 Å². The zero-order chi connectivity index (χ0) is 9.47. The van der Waals surface area contributed by atoms with Crippen molar-refractivity contribution in [2.45, 2.75) is 33.1 Å². The Bertz CT molecular complexity index is 293. The Kier molecular flexibility index (Phi) is 1.91. The summed E-state index contributed by atoms with van der Waals surface area (Å²) in [4.78, 5) is 0. The van der Waals surface area contributed by atoms with Gasteiger partial charge >= 0.3 is 0 Å². The molecule has 0 radical (unpaired) electrons. The van der Waals surface area contributed by atoms with Crippen LogP contribution in [-0.4, -0.2) is 11.7 Å². The van der Waals surface area contributed by atoms with Gasteiger partial charge in [-0.1, -0.05) is 5.16 Å². The fraction of sp³-hybridized carbons (Fsp3) is 0.700. The molecule has 0 aromatic carbocycles. The summed E-state index contributed by atoms with van der Waals surface area (Å²) in [6.07, 6.45) is 3.56. The lowest BCUT2D eigenvalue weighted by atomic mass is 9.96. The van der Waals surface area contributed by atoms with Gasteiger partial charge in [-0.2, -0.15) is 0 Å². The van der Waals surface area contributed by atoms with Gasteiger partial charge in [0.2, 0.25) is 0 Å². The average molecular weight is 180 g/mol. The molecule has 0 saturated heterocycles. The van der Waals surface area contributed by atoms with Crippen LogP contribution in [0.4, 0.5) is 0 Å². The third kappa shape index (κ3) is 1.48. The van der Waals surface area contributed by atoms with Gasteiger partial charge in [0.1, 0.15) is 5.76 Å². The summed E-state index contributed by atoms with van der Waals surface area (Å²) in [6, 6.07) is 0. The van der Waals surface area contributed by atoms with Crippen LogP contribution in [0.15, 0.2) is 4.52 Å². The van der Waals surface area contributed by atoms with E-state index in [1.165, 1.54) is 18.4 Å². The van der Waals surface area contributed by atoms with Crippen molar-refractivity contribution in [1.82, 2.24) is 5.16 Å². The van der Waals surface area contributed by atoms with Crippen LogP contribution >= 0.6 is 0 Å². The van der Waals surface area contributed by atoms with Gasteiger partial charge in [0, 0.05) is 5.56 Å². The third-order valence-corrected chi connectivity index (χ3v) is 3.12. The molecule has 1 saturated carbocycles. The first-order valence-corrected chi connectivity index (χ1v) is 4.79. The number of nitrogens with two attached hydrogens (primary N) is 1. The number of hydrogen-bond donors (Lipinski definition) is 1. The van der Waals surface area contributed by atoms with E-state index in [-0.39, 0.29) is 0 Å². The first kappa shape index (κ1) is 8.75. The van der Waals surface area contributed by atoms with Crippen LogP contribution in [0, 0.1) is 19.3 Å². The minimum Gasteiger partial charge on any atom is -0.361 e. The van der Waals surface area contributed by atoms with Gasteiger partial charge < -0.3 is 10.3 Å². The van der Waals surface area contributed by atoms with Gasteiger partial charge in [0.05, 0.1) is 5.69 Å². The number of nitrogens with zero attached hydrogens (tertiary/aromatic N) is 1. The van der Waals surface area contributed by atoms with Crippen molar-refractivity contribution in [3.8, 4) is 0 Å². The van der Waals surface area contributed by atoms with Crippen LogP contribution in [-0.2, 0) is 6.42 Å². The topological polar surface area (TPSA) is 52.0 Å². The lowest BCUT2D eigenvalue weighted by molar-refractivity contribution is 0.390. The van der Waals surface area contributed by atoms with Crippen LogP contribution in [0.25, 0.3) is 0 Å². The number of hydrogen-bond acceptors (Lipinski definition) is 3. The first-order valence-electron chi connectivity index (χ1n) is 4.79. The lowest BCUT2D eigenvalue weighted by Crippen LogP contribution is -2.18. The minimum absolute atomic E-state index is 0.376. The summed E-state index contributed by atoms with van der Waals surface area (Å²) < 4.78 is 5.12. The molecule has 13 heavy (non-hydrogen) atoms. The molecule has 1 aromatic rings. The molecule has 1 aliphatic carbocycles. The van der Waals surface area contributed by atoms with E-state index in [2.05, 4.69) is 5.16 Å². The molecule has 2 N–H and O–H groups in total. The number of rotatable bonds is 3. The molecule has 1 heterocycles. The Hall–Kier alpha value is -0.830. The van der Waals surface area contributed by atoms with Crippen LogP contribution in [0.3, 0.4) is 0 Å². The summed E-state index contributed by atoms with van der Waals surface area (Å²) in [5, 5.41) is 3.95. The van der Waals surface area contributed by atoms with E-state index >= 15 is 0 Å². The van der Waals surface area contributed by atoms with Crippen molar-refractivity contribution >= 4 is 0 Å². The SMILES string of the molecule is Cc1noc(C)c1CC1(CN)CC1. The summed E-state index contributed by atoms with van der Waals surface area (Å²) in [7, 11) is 0. The van der Waals surface area contributed by atoms with Crippen molar-refractivity contribution in [3.05, 3.63) is 17.0 Å². The van der Waals surface area contributed by atoms with E-state index in [9.17, 15) is 0 Å². The highest BCUT2D eigenvalue weighted by Crippen LogP contribution is 2.47. The molecule has 1 fully saturated rings. The molecule has 3 heteroatoms. The maximum atomic E-state index is 5.73. The summed E-state index contributed by atoms with van der Waals surface area (Å²) >= 11 is 0. The third-order valence-electron chi connectivity index (χ3n) is 3.12. The highest BCUT2D eigenvalue weighted by Gasteiger charge is 2.42. The van der Waals surface area contributed by atoms with E-state index < -0.39 is 0 Å². The molecule has 0 bridgehead atoms. The second kappa shape index (κ2) is 2.84. The number of aromatic nitrogens is 1. The zero-order valence-corrected chi connectivity index (χ0v) is 8.26. The molecule has 0 atom stereocenters. The van der Waals surface area contributed by atoms with Gasteiger partial charge in [0.15, 0.2) is 0 Å². The Balaban J connectivity index is 2.17. The van der Waals surface area contributed by atoms with E-state index in [0.29, 0.717) is 5.41 Å². The molecule has 0 aliphatic heterocycles. The van der Waals surface area contributed by atoms with Crippen molar-refractivity contribution in [3.63, 3.8) is 0 Å². The first-order chi connectivity index (χ1) is 6.17. The number of aryl methyl sites for hydroxylation is 2. The molecule has 0 amide bonds. The summed E-state index contributed by atoms with van der Waals surface area (Å²) in [6.45, 7) is 4.76. The Labute approximate surface area is 78.3 Å². The second-order valence-corrected chi connectivity index (χ2v) is 4.18. The van der Waals surface area contributed by atoms with Crippen molar-refractivity contribution < 1.29 is 4.52 Å². The van der Waals surface area contributed by atoms with E-state index in [4.69, 9.17) is 10.3 Å². The fourth-order valence-corrected chi connectivity index (χ4v) is 1.76. The highest BCUT2D eigenvalue weighted by atomic mass is 16.5. The van der Waals surface area contributed by atoms with E-state index in [0.717, 1.165) is 24.4 Å². The molecule has 3 nitrogen and oxygen atoms in total. The minimum atomic E-state index is 0.376. The Morgan fingerprint density at radius 2 is 2.15 bits per heavy atom. The molecular weight excluding hydrogens is 164 g/mol. The smallest absolute Gasteiger partial charge is 0.137 e. The van der Waals surface area contributed by atoms with Crippen molar-refractivity contribution in [1.29, 1.82) is 0 Å². The molecule has 0 unspecified atom stereocenters. The van der Waals surface area contributed by atoms with Crippen molar-refractivity contribution in [2.75, 3.05) is 6.54 Å². The molecular formula is C10H16N2O. The van der Waals surface area contributed by atoms with Gasteiger partial charge in [-0.05, 0) is 45.1 Å². The molecule has 1 aliphatic rings. The van der Waals surface area contributed by atoms with Crippen LogP contribution < -0.4 is 5.73 Å². The predicted octanol–water partition coefficient (Wildman–Crippen LogP) is 1.57. The highest BCUT2D eigenvalue weighted by molar-refractivity contribution is 5.24. The summed E-state index contributed by atoms with van der Waals surface area (Å²) in [5.74, 6) is 0.956. The monoisotopic (exact) mass is 180 g/mol. The van der Waals surface area contributed by atoms with Crippen molar-refractivity contribution in [2.24, 2.45) is 11.1 Å². The maximum absolute atomic E-state index is 5.73. The molecule has 1 aromatic heterocycles. The fourth-order valence-electron chi connectivity index (χ4n) is 1.76. The predicted molar refractivity (Wildman–Crippen MR) is 50.4 cm³/mol. The van der Waals surface area contributed by atoms with E-state index in [1.54, 1.807) is 0 Å². The van der Waals surface area contributed by atoms with Gasteiger partial charge in [0.25, 0.3) is 0 Å². The largest absolute Gasteiger partial charge is 0.361 e. The normalized spacial score (nSPS) is 19.0. The van der Waals surface area contributed by atoms with Crippen LogP contribution in [0.1, 0.15) is 29.9 Å². The molecule has 72 valence electrons. The average Bonchev–Trinajstić information content (AvgIpc) is 2.84. The standard InChI is InChI=1S/C10H16N2O/c1-7-9(8(2)13-12-7)5-10(6-11)3-4-10/h3-6,11H2,1-2H3. The van der Waals surface area contributed by atoms with E-state index in [1.807, 2.05) is 13.8 Å². The zero-order valence-electron chi connectivity index (χ0n) is 8.26. The Morgan fingerprint density at radius 3 is 2.54 bits per heavy atom. The summed E-state index contributed by atoms with van der Waals surface area (Å²) in [5.41, 5.74) is 8.40. The Morgan fingerprint density at radius 1 is 1.46 bits per heavy atom. The van der Waals surface area contributed by atoms with Crippen LogP contribution in [0.5, 0.6) is 0 Å². The molecule has 0 spiro atoms. The molecule has 2 rings (SSSR count). The van der Waals surface area contributed by atoms with Gasteiger partial charge in [-0.25, -0.2) is 0 Å². The maximum Gasteiger partial charge on any atom is 0.137 e.